The molecule has 1 aromatic rings. The number of anilines is 2. The summed E-state index contributed by atoms with van der Waals surface area (Å²) < 4.78 is 0. The second kappa shape index (κ2) is 3.92. The Hall–Kier alpha value is -1.32. The first-order chi connectivity index (χ1) is 7.42. The number of hydrogen-bond donors (Lipinski definition) is 2. The van der Waals surface area contributed by atoms with Crippen LogP contribution in [-0.4, -0.2) is 21.5 Å². The molecule has 0 unspecified atom stereocenters. The van der Waals surface area contributed by atoms with Crippen molar-refractivity contribution < 1.29 is 0 Å². The predicted molar refractivity (Wildman–Crippen MR) is 66.8 cm³/mol. The van der Waals surface area contributed by atoms with Gasteiger partial charge < -0.3 is 10.6 Å². The van der Waals surface area contributed by atoms with E-state index < -0.39 is 0 Å². The van der Waals surface area contributed by atoms with E-state index in [-0.39, 0.29) is 5.54 Å². The molecule has 0 bridgehead atoms. The maximum Gasteiger partial charge on any atom is 0.132 e. The Kier molecular flexibility index (Phi) is 2.74. The van der Waals surface area contributed by atoms with Crippen LogP contribution in [0.1, 0.15) is 39.4 Å². The van der Waals surface area contributed by atoms with E-state index >= 15 is 0 Å². The Labute approximate surface area is 96.9 Å². The van der Waals surface area contributed by atoms with Crippen molar-refractivity contribution in [3.05, 3.63) is 11.9 Å². The van der Waals surface area contributed by atoms with Crippen molar-refractivity contribution in [2.24, 2.45) is 0 Å². The number of nitrogens with one attached hydrogen (secondary N) is 2. The second-order valence-corrected chi connectivity index (χ2v) is 5.48. The predicted octanol–water partition coefficient (Wildman–Crippen LogP) is 2.57. The van der Waals surface area contributed by atoms with Crippen molar-refractivity contribution in [1.29, 1.82) is 0 Å². The Morgan fingerprint density at radius 1 is 1.19 bits per heavy atom. The molecule has 16 heavy (non-hydrogen) atoms. The standard InChI is InChI=1S/C12H20N4/c1-8-13-10(15-9-5-6-9)7-11(14-8)16-12(2,3)4/h7,9H,5-6H2,1-4H3,(H2,13,14,15,16). The van der Waals surface area contributed by atoms with Gasteiger partial charge in [0.15, 0.2) is 0 Å². The molecular formula is C12H20N4. The lowest BCUT2D eigenvalue weighted by Gasteiger charge is -2.21. The molecule has 0 saturated heterocycles. The summed E-state index contributed by atoms with van der Waals surface area (Å²) in [6.45, 7) is 8.29. The smallest absolute Gasteiger partial charge is 0.132 e. The Morgan fingerprint density at radius 3 is 2.38 bits per heavy atom. The van der Waals surface area contributed by atoms with Gasteiger partial charge in [-0.15, -0.1) is 0 Å². The maximum atomic E-state index is 4.38. The van der Waals surface area contributed by atoms with Crippen LogP contribution in [0, 0.1) is 6.92 Å². The summed E-state index contributed by atoms with van der Waals surface area (Å²) in [6.07, 6.45) is 2.51. The molecule has 2 rings (SSSR count). The van der Waals surface area contributed by atoms with Crippen molar-refractivity contribution in [1.82, 2.24) is 9.97 Å². The van der Waals surface area contributed by atoms with E-state index in [1.165, 1.54) is 12.8 Å². The first-order valence-corrected chi connectivity index (χ1v) is 5.83. The molecule has 1 heterocycles. The molecule has 1 saturated carbocycles. The second-order valence-electron chi connectivity index (χ2n) is 5.48. The molecule has 0 aliphatic heterocycles. The zero-order chi connectivity index (χ0) is 11.8. The number of nitrogens with zero attached hydrogens (tertiary/aromatic N) is 2. The summed E-state index contributed by atoms with van der Waals surface area (Å²) >= 11 is 0. The van der Waals surface area contributed by atoms with E-state index in [9.17, 15) is 0 Å². The minimum atomic E-state index is 0.0254. The van der Waals surface area contributed by atoms with E-state index in [4.69, 9.17) is 0 Å². The molecular weight excluding hydrogens is 200 g/mol. The molecule has 0 spiro atoms. The van der Waals surface area contributed by atoms with Crippen LogP contribution in [0.2, 0.25) is 0 Å². The van der Waals surface area contributed by atoms with Gasteiger partial charge in [-0.3, -0.25) is 0 Å². The van der Waals surface area contributed by atoms with E-state index in [0.717, 1.165) is 17.5 Å². The molecule has 4 heteroatoms. The summed E-state index contributed by atoms with van der Waals surface area (Å²) in [5, 5.41) is 6.76. The monoisotopic (exact) mass is 220 g/mol. The molecule has 0 atom stereocenters. The molecule has 0 aromatic carbocycles. The van der Waals surface area contributed by atoms with Crippen molar-refractivity contribution in [3.8, 4) is 0 Å². The Morgan fingerprint density at radius 2 is 1.81 bits per heavy atom. The fraction of sp³-hybridized carbons (Fsp3) is 0.667. The lowest BCUT2D eigenvalue weighted by atomic mass is 10.1. The number of hydrogen-bond acceptors (Lipinski definition) is 4. The minimum absolute atomic E-state index is 0.0254. The third-order valence-electron chi connectivity index (χ3n) is 2.27. The summed E-state index contributed by atoms with van der Waals surface area (Å²) in [4.78, 5) is 8.77. The van der Waals surface area contributed by atoms with Crippen LogP contribution < -0.4 is 10.6 Å². The first-order valence-electron chi connectivity index (χ1n) is 5.83. The zero-order valence-electron chi connectivity index (χ0n) is 10.5. The first kappa shape index (κ1) is 11.2. The molecule has 0 amide bonds. The summed E-state index contributed by atoms with van der Waals surface area (Å²) in [6, 6.07) is 2.60. The summed E-state index contributed by atoms with van der Waals surface area (Å²) in [5.41, 5.74) is 0.0254. The fourth-order valence-electron chi connectivity index (χ4n) is 1.53. The van der Waals surface area contributed by atoms with Gasteiger partial charge in [-0.1, -0.05) is 0 Å². The van der Waals surface area contributed by atoms with Gasteiger partial charge >= 0.3 is 0 Å². The van der Waals surface area contributed by atoms with Crippen molar-refractivity contribution in [2.75, 3.05) is 10.6 Å². The lowest BCUT2D eigenvalue weighted by Crippen LogP contribution is -2.27. The van der Waals surface area contributed by atoms with Crippen LogP contribution in [0.5, 0.6) is 0 Å². The fourth-order valence-corrected chi connectivity index (χ4v) is 1.53. The van der Waals surface area contributed by atoms with Gasteiger partial charge in [0.05, 0.1) is 0 Å². The largest absolute Gasteiger partial charge is 0.367 e. The Bertz CT molecular complexity index is 377. The molecule has 1 aliphatic rings. The summed E-state index contributed by atoms with van der Waals surface area (Å²) in [7, 11) is 0. The third kappa shape index (κ3) is 3.36. The highest BCUT2D eigenvalue weighted by atomic mass is 15.1. The van der Waals surface area contributed by atoms with Crippen LogP contribution in [0.4, 0.5) is 11.6 Å². The van der Waals surface area contributed by atoms with Gasteiger partial charge in [-0.05, 0) is 40.5 Å². The molecule has 1 fully saturated rings. The van der Waals surface area contributed by atoms with Crippen LogP contribution in [0.3, 0.4) is 0 Å². The van der Waals surface area contributed by atoms with Crippen molar-refractivity contribution in [3.63, 3.8) is 0 Å². The molecule has 0 radical (unpaired) electrons. The average molecular weight is 220 g/mol. The highest BCUT2D eigenvalue weighted by molar-refractivity contribution is 5.49. The van der Waals surface area contributed by atoms with E-state index in [0.29, 0.717) is 6.04 Å². The van der Waals surface area contributed by atoms with Gasteiger partial charge in [0.2, 0.25) is 0 Å². The number of aromatic nitrogens is 2. The van der Waals surface area contributed by atoms with Crippen LogP contribution >= 0.6 is 0 Å². The van der Waals surface area contributed by atoms with E-state index in [1.54, 1.807) is 0 Å². The molecule has 1 aliphatic carbocycles. The van der Waals surface area contributed by atoms with Gasteiger partial charge in [-0.25, -0.2) is 9.97 Å². The number of rotatable bonds is 3. The highest BCUT2D eigenvalue weighted by Crippen LogP contribution is 2.25. The SMILES string of the molecule is Cc1nc(NC2CC2)cc(NC(C)(C)C)n1. The molecule has 88 valence electrons. The van der Waals surface area contributed by atoms with Gasteiger partial charge in [-0.2, -0.15) is 0 Å². The highest BCUT2D eigenvalue weighted by Gasteiger charge is 2.22. The quantitative estimate of drug-likeness (QED) is 0.822. The minimum Gasteiger partial charge on any atom is -0.367 e. The van der Waals surface area contributed by atoms with Crippen LogP contribution in [-0.2, 0) is 0 Å². The lowest BCUT2D eigenvalue weighted by molar-refractivity contribution is 0.629. The maximum absolute atomic E-state index is 4.38. The normalized spacial score (nSPS) is 16.0. The number of aryl methyl sites for hydroxylation is 1. The van der Waals surface area contributed by atoms with Gasteiger partial charge in [0, 0.05) is 17.6 Å². The van der Waals surface area contributed by atoms with Gasteiger partial charge in [0.1, 0.15) is 17.5 Å². The molecule has 4 nitrogen and oxygen atoms in total. The Balaban J connectivity index is 2.14. The van der Waals surface area contributed by atoms with Crippen molar-refractivity contribution >= 4 is 11.6 Å². The van der Waals surface area contributed by atoms with E-state index in [2.05, 4.69) is 41.4 Å². The van der Waals surface area contributed by atoms with Gasteiger partial charge in [0.25, 0.3) is 0 Å². The average Bonchev–Trinajstić information content (AvgIpc) is 2.82. The van der Waals surface area contributed by atoms with E-state index in [1.807, 2.05) is 13.0 Å². The van der Waals surface area contributed by atoms with Crippen LogP contribution in [0.25, 0.3) is 0 Å². The molecule has 1 aromatic heterocycles. The van der Waals surface area contributed by atoms with Crippen LogP contribution in [0.15, 0.2) is 6.07 Å². The third-order valence-corrected chi connectivity index (χ3v) is 2.27. The van der Waals surface area contributed by atoms with Crippen molar-refractivity contribution in [2.45, 2.75) is 52.1 Å². The summed E-state index contributed by atoms with van der Waals surface area (Å²) in [5.74, 6) is 2.63. The zero-order valence-corrected chi connectivity index (χ0v) is 10.5. The molecule has 2 N–H and O–H groups in total. The topological polar surface area (TPSA) is 49.8 Å².